The van der Waals surface area contributed by atoms with Crippen molar-refractivity contribution in [2.75, 3.05) is 32.9 Å². The summed E-state index contributed by atoms with van der Waals surface area (Å²) in [7, 11) is -2.16. The maximum atomic E-state index is 11.6. The number of hydrogen-bond acceptors (Lipinski definition) is 6. The number of aliphatic hydroxyl groups excluding tert-OH is 1. The average molecular weight is 312 g/mol. The number of fused-ring (bicyclic) bond motifs is 1. The largest absolute Gasteiger partial charge is 0.394 e. The van der Waals surface area contributed by atoms with E-state index in [9.17, 15) is 9.67 Å². The Morgan fingerprint density at radius 1 is 1.38 bits per heavy atom. The Morgan fingerprint density at radius 2 is 2.14 bits per heavy atom. The molecular formula is C13H21N4O3P. The lowest BCUT2D eigenvalue weighted by atomic mass is 10.2. The third-order valence-corrected chi connectivity index (χ3v) is 3.95. The van der Waals surface area contributed by atoms with Crippen molar-refractivity contribution < 1.29 is 14.4 Å². The number of nitrogens with zero attached hydrogens (tertiary/aromatic N) is 4. The van der Waals surface area contributed by atoms with E-state index in [0.29, 0.717) is 18.7 Å². The summed E-state index contributed by atoms with van der Waals surface area (Å²) >= 11 is 0. The molecule has 1 atom stereocenters. The Kier molecular flexibility index (Phi) is 5.08. The van der Waals surface area contributed by atoms with Gasteiger partial charge in [-0.2, -0.15) is 0 Å². The molecule has 7 nitrogen and oxygen atoms in total. The van der Waals surface area contributed by atoms with E-state index in [4.69, 9.17) is 4.74 Å². The third kappa shape index (κ3) is 4.09. The second-order valence-electron chi connectivity index (χ2n) is 5.52. The van der Waals surface area contributed by atoms with Crippen LogP contribution in [0.1, 0.15) is 18.2 Å². The molecule has 1 N–H and O–H groups in total. The van der Waals surface area contributed by atoms with Crippen LogP contribution in [0.4, 0.5) is 0 Å². The number of rotatable bonds is 7. The number of hydrogen-bond donors (Lipinski definition) is 1. The lowest BCUT2D eigenvalue weighted by Gasteiger charge is -2.17. The highest BCUT2D eigenvalue weighted by molar-refractivity contribution is 7.62. The summed E-state index contributed by atoms with van der Waals surface area (Å²) in [6.45, 7) is 5.66. The number of aryl methyl sites for hydroxylation is 1. The number of imidazole rings is 1. The Morgan fingerprint density at radius 3 is 2.81 bits per heavy atom. The molecule has 8 heteroatoms. The first-order valence-electron chi connectivity index (χ1n) is 6.79. The van der Waals surface area contributed by atoms with E-state index in [1.165, 1.54) is 6.33 Å². The molecule has 0 fully saturated rings. The molecule has 0 saturated carbocycles. The quantitative estimate of drug-likeness (QED) is 0.617. The van der Waals surface area contributed by atoms with Crippen LogP contribution in [0, 0.1) is 6.92 Å². The zero-order chi connectivity index (χ0) is 15.5. The van der Waals surface area contributed by atoms with Crippen LogP contribution in [0.3, 0.4) is 0 Å². The predicted molar refractivity (Wildman–Crippen MR) is 81.1 cm³/mol. The van der Waals surface area contributed by atoms with E-state index in [-0.39, 0.29) is 19.0 Å². The SMILES string of the molecule is Cc1ncnc2c1ncn2C(CO)CCOCP(C)(C)=O. The molecule has 21 heavy (non-hydrogen) atoms. The van der Waals surface area contributed by atoms with Gasteiger partial charge in [-0.25, -0.2) is 15.0 Å². The van der Waals surface area contributed by atoms with Gasteiger partial charge in [0.25, 0.3) is 0 Å². The minimum absolute atomic E-state index is 0.0339. The summed E-state index contributed by atoms with van der Waals surface area (Å²) in [6, 6.07) is -0.169. The van der Waals surface area contributed by atoms with E-state index >= 15 is 0 Å². The molecule has 2 aromatic heterocycles. The van der Waals surface area contributed by atoms with E-state index in [0.717, 1.165) is 11.2 Å². The van der Waals surface area contributed by atoms with Gasteiger partial charge >= 0.3 is 0 Å². The molecule has 0 aliphatic rings. The lowest BCUT2D eigenvalue weighted by Crippen LogP contribution is -2.15. The van der Waals surface area contributed by atoms with Crippen LogP contribution >= 0.6 is 7.14 Å². The van der Waals surface area contributed by atoms with Gasteiger partial charge in [0.15, 0.2) is 5.65 Å². The van der Waals surface area contributed by atoms with Crippen LogP contribution < -0.4 is 0 Å². The molecule has 0 radical (unpaired) electrons. The normalized spacial score (nSPS) is 13.7. The zero-order valence-electron chi connectivity index (χ0n) is 12.6. The van der Waals surface area contributed by atoms with Crippen LogP contribution in [-0.4, -0.2) is 57.5 Å². The fourth-order valence-electron chi connectivity index (χ4n) is 2.06. The average Bonchev–Trinajstić information content (AvgIpc) is 2.83. The van der Waals surface area contributed by atoms with Gasteiger partial charge in [-0.05, 0) is 26.7 Å². The second kappa shape index (κ2) is 6.64. The van der Waals surface area contributed by atoms with Gasteiger partial charge in [0.2, 0.25) is 0 Å². The monoisotopic (exact) mass is 312 g/mol. The van der Waals surface area contributed by atoms with E-state index in [1.54, 1.807) is 19.7 Å². The fourth-order valence-corrected chi connectivity index (χ4v) is 2.63. The molecule has 1 unspecified atom stereocenters. The van der Waals surface area contributed by atoms with Crippen molar-refractivity contribution in [1.82, 2.24) is 19.5 Å². The van der Waals surface area contributed by atoms with Gasteiger partial charge in [0, 0.05) is 6.61 Å². The van der Waals surface area contributed by atoms with Gasteiger partial charge in [-0.15, -0.1) is 0 Å². The van der Waals surface area contributed by atoms with Crippen LogP contribution in [0.25, 0.3) is 11.2 Å². The van der Waals surface area contributed by atoms with Crippen molar-refractivity contribution in [1.29, 1.82) is 0 Å². The lowest BCUT2D eigenvalue weighted by molar-refractivity contribution is 0.138. The molecule has 0 aliphatic carbocycles. The first-order valence-corrected chi connectivity index (χ1v) is 9.58. The highest BCUT2D eigenvalue weighted by atomic mass is 31.2. The molecule has 0 aromatic carbocycles. The molecular weight excluding hydrogens is 291 g/mol. The third-order valence-electron chi connectivity index (χ3n) is 3.14. The Hall–Kier alpha value is -1.30. The topological polar surface area (TPSA) is 90.1 Å². The van der Waals surface area contributed by atoms with Crippen molar-refractivity contribution >= 4 is 18.3 Å². The van der Waals surface area contributed by atoms with Crippen LogP contribution in [-0.2, 0) is 9.30 Å². The predicted octanol–water partition coefficient (Wildman–Crippen LogP) is 1.66. The minimum Gasteiger partial charge on any atom is -0.394 e. The summed E-state index contributed by atoms with van der Waals surface area (Å²) in [5, 5.41) is 9.58. The number of aromatic nitrogens is 4. The van der Waals surface area contributed by atoms with Crippen molar-refractivity contribution in [3.8, 4) is 0 Å². The molecule has 2 rings (SSSR count). The summed E-state index contributed by atoms with van der Waals surface area (Å²) < 4.78 is 18.8. The smallest absolute Gasteiger partial charge is 0.163 e. The fraction of sp³-hybridized carbons (Fsp3) is 0.615. The molecule has 2 heterocycles. The van der Waals surface area contributed by atoms with Crippen LogP contribution in [0.2, 0.25) is 0 Å². The van der Waals surface area contributed by atoms with E-state index < -0.39 is 7.14 Å². The molecule has 0 aliphatic heterocycles. The summed E-state index contributed by atoms with van der Waals surface area (Å²) in [4.78, 5) is 12.6. The van der Waals surface area contributed by atoms with Crippen molar-refractivity contribution in [2.24, 2.45) is 0 Å². The van der Waals surface area contributed by atoms with Gasteiger partial charge in [-0.1, -0.05) is 0 Å². The maximum Gasteiger partial charge on any atom is 0.163 e. The van der Waals surface area contributed by atoms with Crippen LogP contribution in [0.15, 0.2) is 12.7 Å². The molecule has 0 amide bonds. The highest BCUT2D eigenvalue weighted by Gasteiger charge is 2.16. The number of aliphatic hydroxyl groups is 1. The molecule has 0 spiro atoms. The molecule has 0 bridgehead atoms. The highest BCUT2D eigenvalue weighted by Crippen LogP contribution is 2.35. The molecule has 116 valence electrons. The minimum atomic E-state index is -2.16. The standard InChI is InChI=1S/C13H21N4O3P/c1-10-12-13(15-7-14-10)17(8-16-12)11(6-18)4-5-20-9-21(2,3)19/h7-8,11,18H,4-6,9H2,1-3H3. The summed E-state index contributed by atoms with van der Waals surface area (Å²) in [6.07, 6.45) is 4.02. The van der Waals surface area contributed by atoms with Crippen molar-refractivity contribution in [2.45, 2.75) is 19.4 Å². The van der Waals surface area contributed by atoms with E-state index in [2.05, 4.69) is 15.0 Å². The van der Waals surface area contributed by atoms with Crippen LogP contribution in [0.5, 0.6) is 0 Å². The maximum absolute atomic E-state index is 11.6. The van der Waals surface area contributed by atoms with Crippen molar-refractivity contribution in [3.63, 3.8) is 0 Å². The Balaban J connectivity index is 2.06. The second-order valence-corrected chi connectivity index (χ2v) is 8.93. The summed E-state index contributed by atoms with van der Waals surface area (Å²) in [5.41, 5.74) is 2.26. The Bertz CT molecular complexity index is 652. The van der Waals surface area contributed by atoms with Gasteiger partial charge in [0.05, 0.1) is 31.0 Å². The van der Waals surface area contributed by atoms with Crippen molar-refractivity contribution in [3.05, 3.63) is 18.3 Å². The van der Waals surface area contributed by atoms with E-state index in [1.807, 2.05) is 11.5 Å². The van der Waals surface area contributed by atoms with Gasteiger partial charge in [-0.3, -0.25) is 0 Å². The zero-order valence-corrected chi connectivity index (χ0v) is 13.5. The first-order chi connectivity index (χ1) is 9.92. The first kappa shape index (κ1) is 16.1. The molecule has 0 saturated heterocycles. The Labute approximate surface area is 123 Å². The summed E-state index contributed by atoms with van der Waals surface area (Å²) in [5.74, 6) is 0. The molecule has 2 aromatic rings. The van der Waals surface area contributed by atoms with Gasteiger partial charge < -0.3 is 19.0 Å². The van der Waals surface area contributed by atoms with Gasteiger partial charge in [0.1, 0.15) is 19.0 Å². The number of ether oxygens (including phenoxy) is 1.